The van der Waals surface area contributed by atoms with E-state index in [0.29, 0.717) is 24.2 Å². The quantitative estimate of drug-likeness (QED) is 0.270. The Balaban J connectivity index is 0.000000592. The normalized spacial score (nSPS) is 15.5. The van der Waals surface area contributed by atoms with Crippen molar-refractivity contribution >= 4 is 35.4 Å². The summed E-state index contributed by atoms with van der Waals surface area (Å²) in [6, 6.07) is 5.49. The smallest absolute Gasteiger partial charge is 0.481 e. The largest absolute Gasteiger partial charge is 0.490 e. The summed E-state index contributed by atoms with van der Waals surface area (Å²) in [6.07, 6.45) is -4.81. The molecule has 1 saturated heterocycles. The van der Waals surface area contributed by atoms with E-state index >= 15 is 0 Å². The van der Waals surface area contributed by atoms with Crippen LogP contribution in [0.2, 0.25) is 0 Å². The molecule has 0 unspecified atom stereocenters. The van der Waals surface area contributed by atoms with E-state index < -0.39 is 30.2 Å². The molecule has 31 heavy (non-hydrogen) atoms. The number of alkyl halides is 3. The Kier molecular flexibility index (Phi) is 8.78. The fraction of sp³-hybridized carbons (Fsp3) is 0.353. The summed E-state index contributed by atoms with van der Waals surface area (Å²) in [5.41, 5.74) is 6.63. The first-order valence-electron chi connectivity index (χ1n) is 8.65. The van der Waals surface area contributed by atoms with E-state index in [4.69, 9.17) is 26.2 Å². The van der Waals surface area contributed by atoms with Gasteiger partial charge in [0.25, 0.3) is 0 Å². The van der Waals surface area contributed by atoms with Gasteiger partial charge in [0, 0.05) is 24.3 Å². The molecule has 14 heteroatoms. The first kappa shape index (κ1) is 25.2. The van der Waals surface area contributed by atoms with Crippen molar-refractivity contribution in [1.29, 1.82) is 5.41 Å². The summed E-state index contributed by atoms with van der Waals surface area (Å²) in [5.74, 6) is -4.05. The van der Waals surface area contributed by atoms with E-state index in [1.54, 1.807) is 29.2 Å². The summed E-state index contributed by atoms with van der Waals surface area (Å²) >= 11 is 0. The molecule has 0 radical (unpaired) electrons. The van der Waals surface area contributed by atoms with Crippen molar-refractivity contribution in [3.05, 3.63) is 29.8 Å². The zero-order valence-electron chi connectivity index (χ0n) is 15.9. The second kappa shape index (κ2) is 10.8. The van der Waals surface area contributed by atoms with Crippen molar-refractivity contribution < 1.29 is 42.6 Å². The molecule has 11 nitrogen and oxygen atoms in total. The topological polar surface area (TPSA) is 186 Å². The third-order valence-corrected chi connectivity index (χ3v) is 3.87. The molecule has 0 aliphatic carbocycles. The highest BCUT2D eigenvalue weighted by molar-refractivity contribution is 6.02. The van der Waals surface area contributed by atoms with E-state index in [-0.39, 0.29) is 24.7 Å². The third kappa shape index (κ3) is 8.20. The van der Waals surface area contributed by atoms with Crippen LogP contribution in [0.25, 0.3) is 0 Å². The number of anilines is 1. The lowest BCUT2D eigenvalue weighted by Gasteiger charge is -2.17. The molecule has 0 bridgehead atoms. The van der Waals surface area contributed by atoms with Crippen molar-refractivity contribution in [3.8, 4) is 0 Å². The van der Waals surface area contributed by atoms with Crippen LogP contribution in [-0.2, 0) is 14.4 Å². The van der Waals surface area contributed by atoms with Gasteiger partial charge in [0.2, 0.25) is 5.91 Å². The molecule has 0 saturated carbocycles. The summed E-state index contributed by atoms with van der Waals surface area (Å²) in [5, 5.41) is 27.9. The van der Waals surface area contributed by atoms with Gasteiger partial charge in [0.05, 0.1) is 6.42 Å². The summed E-state index contributed by atoms with van der Waals surface area (Å²) in [6.45, 7) is 0.455. The van der Waals surface area contributed by atoms with Gasteiger partial charge in [0.15, 0.2) is 0 Å². The molecular formula is C17H20F3N5O6. The standard InChI is InChI=1S/C15H19N5O4.C2HF3O2/c16-13(17)9-1-3-10(4-2-9)20-8-6-11(14(20)23)19-15(24)18-7-5-12(21)22;3-2(4,5)1(6)7/h1-4,11H,5-8H2,(H3,16,17)(H,21,22)(H2,18,19,24);(H,6,7)/t11-;/m0./s1. The number of nitrogens with two attached hydrogens (primary N) is 1. The molecule has 0 aromatic heterocycles. The molecule has 1 heterocycles. The average molecular weight is 447 g/mol. The number of amidine groups is 1. The molecule has 1 aliphatic heterocycles. The Bertz CT molecular complexity index is 844. The van der Waals surface area contributed by atoms with Crippen LogP contribution in [0.1, 0.15) is 18.4 Å². The number of halogens is 3. The number of nitrogens with zero attached hydrogens (tertiary/aromatic N) is 1. The Morgan fingerprint density at radius 3 is 2.19 bits per heavy atom. The van der Waals surface area contributed by atoms with Crippen molar-refractivity contribution in [3.63, 3.8) is 0 Å². The lowest BCUT2D eigenvalue weighted by molar-refractivity contribution is -0.192. The predicted molar refractivity (Wildman–Crippen MR) is 101 cm³/mol. The summed E-state index contributed by atoms with van der Waals surface area (Å²) < 4.78 is 31.7. The number of carboxylic acids is 2. The number of carboxylic acid groups (broad SMARTS) is 2. The van der Waals surface area contributed by atoms with Gasteiger partial charge < -0.3 is 31.5 Å². The molecule has 1 aliphatic rings. The number of hydrogen-bond donors (Lipinski definition) is 6. The van der Waals surface area contributed by atoms with Crippen LogP contribution < -0.4 is 21.3 Å². The van der Waals surface area contributed by atoms with E-state index in [9.17, 15) is 27.6 Å². The molecule has 7 N–H and O–H groups in total. The van der Waals surface area contributed by atoms with E-state index in [2.05, 4.69) is 10.6 Å². The molecule has 3 amide bonds. The Morgan fingerprint density at radius 2 is 1.74 bits per heavy atom. The van der Waals surface area contributed by atoms with Gasteiger partial charge in [-0.1, -0.05) is 0 Å². The van der Waals surface area contributed by atoms with Crippen molar-refractivity contribution in [2.45, 2.75) is 25.1 Å². The second-order valence-corrected chi connectivity index (χ2v) is 6.14. The number of carbonyl (C=O) groups excluding carboxylic acids is 2. The van der Waals surface area contributed by atoms with Gasteiger partial charge in [-0.3, -0.25) is 15.0 Å². The molecule has 1 aromatic rings. The lowest BCUT2D eigenvalue weighted by atomic mass is 10.2. The number of urea groups is 1. The SMILES string of the molecule is N=C(N)c1ccc(N2CC[C@H](NC(=O)NCCC(=O)O)C2=O)cc1.O=C(O)C(F)(F)F. The molecule has 0 spiro atoms. The van der Waals surface area contributed by atoms with Crippen molar-refractivity contribution in [2.75, 3.05) is 18.0 Å². The fourth-order valence-electron chi connectivity index (χ4n) is 2.38. The average Bonchev–Trinajstić information content (AvgIpc) is 3.01. The highest BCUT2D eigenvalue weighted by atomic mass is 19.4. The molecule has 1 aromatic carbocycles. The first-order valence-corrected chi connectivity index (χ1v) is 8.65. The van der Waals surface area contributed by atoms with Gasteiger partial charge in [-0.05, 0) is 30.7 Å². The van der Waals surface area contributed by atoms with Crippen molar-refractivity contribution in [2.24, 2.45) is 5.73 Å². The monoisotopic (exact) mass is 447 g/mol. The summed E-state index contributed by atoms with van der Waals surface area (Å²) in [4.78, 5) is 44.9. The second-order valence-electron chi connectivity index (χ2n) is 6.14. The predicted octanol–water partition coefficient (Wildman–Crippen LogP) is 0.483. The minimum Gasteiger partial charge on any atom is -0.481 e. The van der Waals surface area contributed by atoms with Crippen LogP contribution in [0, 0.1) is 5.41 Å². The highest BCUT2D eigenvalue weighted by Crippen LogP contribution is 2.22. The van der Waals surface area contributed by atoms with Crippen LogP contribution in [0.5, 0.6) is 0 Å². The van der Waals surface area contributed by atoms with Crippen LogP contribution in [0.15, 0.2) is 24.3 Å². The number of aliphatic carboxylic acids is 2. The number of rotatable bonds is 6. The van der Waals surface area contributed by atoms with Crippen LogP contribution >= 0.6 is 0 Å². The van der Waals surface area contributed by atoms with Gasteiger partial charge in [-0.15, -0.1) is 0 Å². The Morgan fingerprint density at radius 1 is 1.19 bits per heavy atom. The van der Waals surface area contributed by atoms with E-state index in [1.165, 1.54) is 0 Å². The minimum atomic E-state index is -5.08. The molecule has 1 atom stereocenters. The van der Waals surface area contributed by atoms with Gasteiger partial charge in [-0.2, -0.15) is 13.2 Å². The maximum atomic E-state index is 12.4. The van der Waals surface area contributed by atoms with Crippen LogP contribution in [0.3, 0.4) is 0 Å². The summed E-state index contributed by atoms with van der Waals surface area (Å²) in [7, 11) is 0. The number of carbonyl (C=O) groups is 4. The number of nitrogen functional groups attached to an aromatic ring is 1. The molecule has 170 valence electrons. The highest BCUT2D eigenvalue weighted by Gasteiger charge is 2.38. The lowest BCUT2D eigenvalue weighted by Crippen LogP contribution is -2.46. The Hall–Kier alpha value is -3.84. The van der Waals surface area contributed by atoms with Crippen molar-refractivity contribution in [1.82, 2.24) is 10.6 Å². The third-order valence-electron chi connectivity index (χ3n) is 3.87. The maximum absolute atomic E-state index is 12.4. The number of amides is 3. The first-order chi connectivity index (χ1) is 14.3. The van der Waals surface area contributed by atoms with Gasteiger partial charge in [0.1, 0.15) is 11.9 Å². The molecule has 2 rings (SSSR count). The number of hydrogen-bond acceptors (Lipinski definition) is 5. The molecular weight excluding hydrogens is 427 g/mol. The minimum absolute atomic E-state index is 0.00169. The zero-order chi connectivity index (χ0) is 23.8. The Labute approximate surface area is 173 Å². The van der Waals surface area contributed by atoms with Gasteiger partial charge in [-0.25, -0.2) is 9.59 Å². The fourth-order valence-corrected chi connectivity index (χ4v) is 2.38. The van der Waals surface area contributed by atoms with Crippen LogP contribution in [-0.4, -0.2) is 65.2 Å². The van der Waals surface area contributed by atoms with Crippen LogP contribution in [0.4, 0.5) is 23.7 Å². The van der Waals surface area contributed by atoms with E-state index in [1.807, 2.05) is 0 Å². The number of nitrogens with one attached hydrogen (secondary N) is 3. The van der Waals surface area contributed by atoms with E-state index in [0.717, 1.165) is 0 Å². The van der Waals surface area contributed by atoms with Gasteiger partial charge >= 0.3 is 24.1 Å². The maximum Gasteiger partial charge on any atom is 0.490 e. The number of benzene rings is 1. The zero-order valence-corrected chi connectivity index (χ0v) is 15.9. The molecule has 1 fully saturated rings.